The van der Waals surface area contributed by atoms with E-state index in [2.05, 4.69) is 28.8 Å². The first-order valence-electron chi connectivity index (χ1n) is 5.10. The number of aromatic nitrogens is 2. The lowest BCUT2D eigenvalue weighted by molar-refractivity contribution is 0.455. The van der Waals surface area contributed by atoms with Crippen molar-refractivity contribution >= 4 is 6.21 Å². The molecule has 0 fully saturated rings. The molecule has 0 atom stereocenters. The molecule has 0 aliphatic carbocycles. The number of hydrogen-bond acceptors (Lipinski definition) is 3. The van der Waals surface area contributed by atoms with E-state index in [1.54, 1.807) is 0 Å². The van der Waals surface area contributed by atoms with Crippen LogP contribution in [-0.2, 0) is 0 Å². The molecule has 1 aromatic rings. The van der Waals surface area contributed by atoms with Gasteiger partial charge in [-0.15, -0.1) is 0 Å². The Bertz CT molecular complexity index is 376. The summed E-state index contributed by atoms with van der Waals surface area (Å²) in [7, 11) is 0. The van der Waals surface area contributed by atoms with Crippen molar-refractivity contribution in [2.24, 2.45) is 10.9 Å². The molecule has 3 N–H and O–H groups in total. The number of H-pyrrole nitrogens is 2. The molecular weight excluding hydrogens is 194 g/mol. The molecule has 1 rings (SSSR count). The quantitative estimate of drug-likeness (QED) is 0.506. The van der Waals surface area contributed by atoms with Gasteiger partial charge in [-0.1, -0.05) is 13.8 Å². The van der Waals surface area contributed by atoms with Crippen LogP contribution in [0.5, 0.6) is 5.88 Å². The number of hydrogen-bond donors (Lipinski definition) is 3. The second-order valence-electron chi connectivity index (χ2n) is 3.91. The highest BCUT2D eigenvalue weighted by molar-refractivity contribution is 5.79. The van der Waals surface area contributed by atoms with Gasteiger partial charge in [0.25, 0.3) is 0 Å². The lowest BCUT2D eigenvalue weighted by atomic mass is 10.1. The minimum atomic E-state index is -0.420. The van der Waals surface area contributed by atoms with Gasteiger partial charge in [0.05, 0.1) is 6.21 Å². The fourth-order valence-electron chi connectivity index (χ4n) is 1.23. The van der Waals surface area contributed by atoms with Crippen LogP contribution in [0.3, 0.4) is 0 Å². The second-order valence-corrected chi connectivity index (χ2v) is 3.91. The third-order valence-corrected chi connectivity index (χ3v) is 2.02. The normalized spacial score (nSPS) is 11.7. The summed E-state index contributed by atoms with van der Waals surface area (Å²) in [4.78, 5) is 19.5. The molecule has 15 heavy (non-hydrogen) atoms. The molecule has 5 nitrogen and oxygen atoms in total. The molecule has 0 aliphatic heterocycles. The van der Waals surface area contributed by atoms with Crippen LogP contribution in [0.25, 0.3) is 0 Å². The Balaban J connectivity index is 2.38. The fraction of sp³-hybridized carbons (Fsp3) is 0.600. The summed E-state index contributed by atoms with van der Waals surface area (Å²) in [6, 6.07) is 0. The Kier molecular flexibility index (Phi) is 4.15. The molecule has 0 aliphatic rings. The van der Waals surface area contributed by atoms with Crippen molar-refractivity contribution in [1.29, 1.82) is 0 Å². The van der Waals surface area contributed by atoms with Crippen molar-refractivity contribution in [2.75, 3.05) is 6.54 Å². The predicted octanol–water partition coefficient (Wildman–Crippen LogP) is 1.26. The molecule has 84 valence electrons. The van der Waals surface area contributed by atoms with Crippen LogP contribution in [0.15, 0.2) is 9.79 Å². The van der Waals surface area contributed by atoms with Gasteiger partial charge in [0.2, 0.25) is 5.88 Å². The summed E-state index contributed by atoms with van der Waals surface area (Å²) >= 11 is 0. The van der Waals surface area contributed by atoms with E-state index in [9.17, 15) is 9.90 Å². The first kappa shape index (κ1) is 11.6. The number of imidazole rings is 1. The largest absolute Gasteiger partial charge is 0.493 e. The van der Waals surface area contributed by atoms with Crippen molar-refractivity contribution in [1.82, 2.24) is 9.97 Å². The first-order valence-corrected chi connectivity index (χ1v) is 5.10. The van der Waals surface area contributed by atoms with Crippen LogP contribution >= 0.6 is 0 Å². The Morgan fingerprint density at radius 1 is 1.47 bits per heavy atom. The molecule has 0 saturated carbocycles. The molecular formula is C10H17N3O2. The van der Waals surface area contributed by atoms with Crippen molar-refractivity contribution in [3.8, 4) is 5.88 Å². The Hall–Kier alpha value is -1.52. The lowest BCUT2D eigenvalue weighted by Crippen LogP contribution is -2.00. The van der Waals surface area contributed by atoms with Crippen molar-refractivity contribution in [2.45, 2.75) is 26.7 Å². The van der Waals surface area contributed by atoms with Gasteiger partial charge in [0, 0.05) is 6.54 Å². The maximum absolute atomic E-state index is 10.8. The van der Waals surface area contributed by atoms with Crippen LogP contribution in [0, 0.1) is 5.92 Å². The molecule has 0 saturated heterocycles. The maximum atomic E-state index is 10.8. The second kappa shape index (κ2) is 5.38. The van der Waals surface area contributed by atoms with Crippen LogP contribution in [0.2, 0.25) is 0 Å². The number of rotatable bonds is 5. The zero-order valence-corrected chi connectivity index (χ0v) is 9.08. The van der Waals surface area contributed by atoms with E-state index in [4.69, 9.17) is 0 Å². The Morgan fingerprint density at radius 3 is 2.73 bits per heavy atom. The minimum absolute atomic E-state index is 0.160. The van der Waals surface area contributed by atoms with Gasteiger partial charge in [-0.3, -0.25) is 9.98 Å². The van der Waals surface area contributed by atoms with Crippen molar-refractivity contribution in [3.05, 3.63) is 16.2 Å². The maximum Gasteiger partial charge on any atom is 0.326 e. The van der Waals surface area contributed by atoms with E-state index in [1.165, 1.54) is 6.21 Å². The molecule has 0 bridgehead atoms. The van der Waals surface area contributed by atoms with Crippen LogP contribution in [-0.4, -0.2) is 27.8 Å². The zero-order chi connectivity index (χ0) is 11.3. The molecule has 0 unspecified atom stereocenters. The SMILES string of the molecule is CC(C)CCCN=Cc1[nH]c(=O)[nH]c1O. The van der Waals surface area contributed by atoms with Crippen LogP contribution in [0.4, 0.5) is 0 Å². The highest BCUT2D eigenvalue weighted by atomic mass is 16.3. The summed E-state index contributed by atoms with van der Waals surface area (Å²) in [6.45, 7) is 5.04. The number of aliphatic imine (C=N–C) groups is 1. The lowest BCUT2D eigenvalue weighted by Gasteiger charge is -2.00. The molecule has 1 heterocycles. The van der Waals surface area contributed by atoms with Crippen molar-refractivity contribution < 1.29 is 5.11 Å². The molecule has 0 amide bonds. The highest BCUT2D eigenvalue weighted by Crippen LogP contribution is 2.05. The fourth-order valence-corrected chi connectivity index (χ4v) is 1.23. The molecule has 1 aromatic heterocycles. The molecule has 0 aromatic carbocycles. The topological polar surface area (TPSA) is 81.2 Å². The summed E-state index contributed by atoms with van der Waals surface area (Å²) in [5.74, 6) is 0.522. The number of nitrogens with one attached hydrogen (secondary N) is 2. The van der Waals surface area contributed by atoms with E-state index in [0.717, 1.165) is 12.8 Å². The van der Waals surface area contributed by atoms with Crippen molar-refractivity contribution in [3.63, 3.8) is 0 Å². The first-order chi connectivity index (χ1) is 7.09. The van der Waals surface area contributed by atoms with Gasteiger partial charge in [0.15, 0.2) is 0 Å². The average molecular weight is 211 g/mol. The average Bonchev–Trinajstić information content (AvgIpc) is 2.44. The smallest absolute Gasteiger partial charge is 0.326 e. The molecule has 0 spiro atoms. The third-order valence-electron chi connectivity index (χ3n) is 2.02. The van der Waals surface area contributed by atoms with Gasteiger partial charge in [-0.2, -0.15) is 0 Å². The predicted molar refractivity (Wildman–Crippen MR) is 59.6 cm³/mol. The summed E-state index contributed by atoms with van der Waals surface area (Å²) in [6.07, 6.45) is 3.63. The third kappa shape index (κ3) is 4.01. The van der Waals surface area contributed by atoms with Crippen LogP contribution < -0.4 is 5.69 Å². The number of aromatic amines is 2. The molecule has 5 heteroatoms. The minimum Gasteiger partial charge on any atom is -0.493 e. The van der Waals surface area contributed by atoms with E-state index >= 15 is 0 Å². The summed E-state index contributed by atoms with van der Waals surface area (Å²) in [5, 5.41) is 9.20. The monoisotopic (exact) mass is 211 g/mol. The van der Waals surface area contributed by atoms with E-state index in [-0.39, 0.29) is 5.88 Å². The number of nitrogens with zero attached hydrogens (tertiary/aromatic N) is 1. The van der Waals surface area contributed by atoms with Gasteiger partial charge in [0.1, 0.15) is 5.69 Å². The van der Waals surface area contributed by atoms with E-state index < -0.39 is 5.69 Å². The van der Waals surface area contributed by atoms with Gasteiger partial charge >= 0.3 is 5.69 Å². The van der Waals surface area contributed by atoms with E-state index in [0.29, 0.717) is 18.2 Å². The van der Waals surface area contributed by atoms with Crippen LogP contribution in [0.1, 0.15) is 32.4 Å². The number of aromatic hydroxyl groups is 1. The Labute approximate surface area is 88.3 Å². The van der Waals surface area contributed by atoms with Gasteiger partial charge in [-0.25, -0.2) is 4.79 Å². The van der Waals surface area contributed by atoms with Gasteiger partial charge < -0.3 is 10.1 Å². The zero-order valence-electron chi connectivity index (χ0n) is 9.08. The summed E-state index contributed by atoms with van der Waals surface area (Å²) in [5.41, 5.74) is -0.0827. The highest BCUT2D eigenvalue weighted by Gasteiger charge is 2.00. The summed E-state index contributed by atoms with van der Waals surface area (Å²) < 4.78 is 0. The van der Waals surface area contributed by atoms with Gasteiger partial charge in [-0.05, 0) is 18.8 Å². The van der Waals surface area contributed by atoms with E-state index in [1.807, 2.05) is 0 Å². The standard InChI is InChI=1S/C10H17N3O2/c1-7(2)4-3-5-11-6-8-9(14)13-10(15)12-8/h6-7,14H,3-5H2,1-2H3,(H2,12,13,15). The molecule has 0 radical (unpaired) electrons. The Morgan fingerprint density at radius 2 is 2.20 bits per heavy atom.